The number of phenols is 1. The molecule has 0 fully saturated rings. The molecular weight excluding hydrogens is 326 g/mol. The van der Waals surface area contributed by atoms with Gasteiger partial charge >= 0.3 is 0 Å². The highest BCUT2D eigenvalue weighted by molar-refractivity contribution is 9.10. The normalized spacial score (nSPS) is 12.0. The molecule has 1 aromatic heterocycles. The predicted molar refractivity (Wildman–Crippen MR) is 87.4 cm³/mol. The summed E-state index contributed by atoms with van der Waals surface area (Å²) < 4.78 is 1.03. The Kier molecular flexibility index (Phi) is 4.02. The SMILES string of the molecule is Oc1ccccc1C(c1ccc(Br)cc1)c1ccccn1. The van der Waals surface area contributed by atoms with Gasteiger partial charge < -0.3 is 5.11 Å². The van der Waals surface area contributed by atoms with Crippen LogP contribution in [0.25, 0.3) is 0 Å². The van der Waals surface area contributed by atoms with Gasteiger partial charge in [0.05, 0.1) is 11.6 Å². The number of aromatic nitrogens is 1. The van der Waals surface area contributed by atoms with Gasteiger partial charge in [-0.05, 0) is 35.9 Å². The van der Waals surface area contributed by atoms with E-state index in [0.29, 0.717) is 0 Å². The lowest BCUT2D eigenvalue weighted by atomic mass is 9.87. The predicted octanol–water partition coefficient (Wildman–Crippen LogP) is 4.73. The summed E-state index contributed by atoms with van der Waals surface area (Å²) in [4.78, 5) is 4.47. The largest absolute Gasteiger partial charge is 0.508 e. The zero-order valence-electron chi connectivity index (χ0n) is 11.3. The third kappa shape index (κ3) is 2.98. The Morgan fingerprint density at radius 1 is 0.857 bits per heavy atom. The van der Waals surface area contributed by atoms with Gasteiger partial charge in [-0.15, -0.1) is 0 Å². The summed E-state index contributed by atoms with van der Waals surface area (Å²) in [5, 5.41) is 10.2. The molecule has 104 valence electrons. The summed E-state index contributed by atoms with van der Waals surface area (Å²) in [5.41, 5.74) is 2.87. The van der Waals surface area contributed by atoms with Crippen molar-refractivity contribution in [3.8, 4) is 5.75 Å². The summed E-state index contributed by atoms with van der Waals surface area (Å²) in [6.07, 6.45) is 1.78. The minimum Gasteiger partial charge on any atom is -0.508 e. The van der Waals surface area contributed by atoms with Crippen molar-refractivity contribution in [1.29, 1.82) is 0 Å². The van der Waals surface area contributed by atoms with Gasteiger partial charge in [-0.1, -0.05) is 52.3 Å². The fourth-order valence-corrected chi connectivity index (χ4v) is 2.71. The fourth-order valence-electron chi connectivity index (χ4n) is 2.44. The maximum atomic E-state index is 10.2. The summed E-state index contributed by atoms with van der Waals surface area (Å²) >= 11 is 3.46. The van der Waals surface area contributed by atoms with E-state index >= 15 is 0 Å². The summed E-state index contributed by atoms with van der Waals surface area (Å²) in [6, 6.07) is 21.4. The first-order valence-corrected chi connectivity index (χ1v) is 7.49. The molecule has 0 aliphatic heterocycles. The van der Waals surface area contributed by atoms with Crippen molar-refractivity contribution in [2.75, 3.05) is 0 Å². The molecule has 1 N–H and O–H groups in total. The number of rotatable bonds is 3. The third-order valence-electron chi connectivity index (χ3n) is 3.43. The molecule has 1 atom stereocenters. The Hall–Kier alpha value is -2.13. The summed E-state index contributed by atoms with van der Waals surface area (Å²) in [7, 11) is 0. The van der Waals surface area contributed by atoms with E-state index in [1.54, 1.807) is 12.3 Å². The lowest BCUT2D eigenvalue weighted by Crippen LogP contribution is -2.05. The van der Waals surface area contributed by atoms with Crippen molar-refractivity contribution in [2.24, 2.45) is 0 Å². The highest BCUT2D eigenvalue weighted by Crippen LogP contribution is 2.35. The number of hydrogen-bond donors (Lipinski definition) is 1. The Morgan fingerprint density at radius 3 is 2.24 bits per heavy atom. The van der Waals surface area contributed by atoms with Crippen LogP contribution < -0.4 is 0 Å². The second-order valence-electron chi connectivity index (χ2n) is 4.80. The average molecular weight is 340 g/mol. The topological polar surface area (TPSA) is 33.1 Å². The first kappa shape index (κ1) is 13.8. The molecule has 3 rings (SSSR count). The molecule has 0 spiro atoms. The zero-order valence-corrected chi connectivity index (χ0v) is 12.9. The Morgan fingerprint density at radius 2 is 1.57 bits per heavy atom. The van der Waals surface area contributed by atoms with Crippen LogP contribution in [0.4, 0.5) is 0 Å². The summed E-state index contributed by atoms with van der Waals surface area (Å²) in [5.74, 6) is 0.205. The van der Waals surface area contributed by atoms with Crippen LogP contribution in [0.3, 0.4) is 0 Å². The van der Waals surface area contributed by atoms with Crippen molar-refractivity contribution < 1.29 is 5.11 Å². The maximum Gasteiger partial charge on any atom is 0.119 e. The Balaban J connectivity index is 2.16. The molecule has 21 heavy (non-hydrogen) atoms. The summed E-state index contributed by atoms with van der Waals surface area (Å²) in [6.45, 7) is 0. The van der Waals surface area contributed by atoms with Gasteiger partial charge in [-0.2, -0.15) is 0 Å². The molecule has 2 aromatic carbocycles. The molecule has 0 aliphatic rings. The lowest BCUT2D eigenvalue weighted by molar-refractivity contribution is 0.467. The standard InChI is InChI=1S/C18H14BrNO/c19-14-10-8-13(9-11-14)18(16-6-3-4-12-20-16)15-5-1-2-7-17(15)21/h1-12,18,21H. The smallest absolute Gasteiger partial charge is 0.119 e. The number of benzene rings is 2. The average Bonchev–Trinajstić information content (AvgIpc) is 2.52. The molecule has 1 unspecified atom stereocenters. The first-order valence-electron chi connectivity index (χ1n) is 6.70. The molecular formula is C18H14BrNO. The molecule has 1 heterocycles. The molecule has 0 saturated heterocycles. The van der Waals surface area contributed by atoms with Crippen molar-refractivity contribution in [2.45, 2.75) is 5.92 Å². The Labute approximate surface area is 132 Å². The van der Waals surface area contributed by atoms with E-state index in [-0.39, 0.29) is 11.7 Å². The van der Waals surface area contributed by atoms with E-state index in [0.717, 1.165) is 21.3 Å². The molecule has 3 aromatic rings. The van der Waals surface area contributed by atoms with Crippen molar-refractivity contribution in [3.05, 3.63) is 94.2 Å². The van der Waals surface area contributed by atoms with Crippen LogP contribution in [0, 0.1) is 0 Å². The van der Waals surface area contributed by atoms with Crippen LogP contribution in [0.5, 0.6) is 5.75 Å². The van der Waals surface area contributed by atoms with Gasteiger partial charge in [0, 0.05) is 16.2 Å². The van der Waals surface area contributed by atoms with Gasteiger partial charge in [0.15, 0.2) is 0 Å². The van der Waals surface area contributed by atoms with Gasteiger partial charge in [0.25, 0.3) is 0 Å². The second kappa shape index (κ2) is 6.10. The van der Waals surface area contributed by atoms with E-state index in [1.165, 1.54) is 0 Å². The van der Waals surface area contributed by atoms with Gasteiger partial charge in [-0.25, -0.2) is 0 Å². The van der Waals surface area contributed by atoms with Crippen LogP contribution in [-0.4, -0.2) is 10.1 Å². The molecule has 0 saturated carbocycles. The number of para-hydroxylation sites is 1. The van der Waals surface area contributed by atoms with Crippen molar-refractivity contribution >= 4 is 15.9 Å². The van der Waals surface area contributed by atoms with E-state index in [9.17, 15) is 5.11 Å². The van der Waals surface area contributed by atoms with Gasteiger partial charge in [0.2, 0.25) is 0 Å². The van der Waals surface area contributed by atoms with Crippen LogP contribution in [-0.2, 0) is 0 Å². The van der Waals surface area contributed by atoms with E-state index in [1.807, 2.05) is 48.5 Å². The number of halogens is 1. The van der Waals surface area contributed by atoms with Crippen LogP contribution in [0.15, 0.2) is 77.4 Å². The molecule has 0 aliphatic carbocycles. The molecule has 0 amide bonds. The fraction of sp³-hybridized carbons (Fsp3) is 0.0556. The quantitative estimate of drug-likeness (QED) is 0.748. The monoisotopic (exact) mass is 339 g/mol. The number of pyridine rings is 1. The lowest BCUT2D eigenvalue weighted by Gasteiger charge is -2.18. The van der Waals surface area contributed by atoms with Gasteiger partial charge in [-0.3, -0.25) is 4.98 Å². The highest BCUT2D eigenvalue weighted by atomic mass is 79.9. The van der Waals surface area contributed by atoms with Crippen LogP contribution >= 0.6 is 15.9 Å². The zero-order chi connectivity index (χ0) is 14.7. The van der Waals surface area contributed by atoms with E-state index < -0.39 is 0 Å². The molecule has 0 bridgehead atoms. The van der Waals surface area contributed by atoms with E-state index in [2.05, 4.69) is 33.0 Å². The second-order valence-corrected chi connectivity index (χ2v) is 5.71. The minimum atomic E-state index is -0.0829. The van der Waals surface area contributed by atoms with Crippen molar-refractivity contribution in [1.82, 2.24) is 4.98 Å². The molecule has 2 nitrogen and oxygen atoms in total. The highest BCUT2D eigenvalue weighted by Gasteiger charge is 2.20. The van der Waals surface area contributed by atoms with Gasteiger partial charge in [0.1, 0.15) is 5.75 Å². The molecule has 3 heteroatoms. The number of nitrogens with zero attached hydrogens (tertiary/aromatic N) is 1. The van der Waals surface area contributed by atoms with Crippen LogP contribution in [0.1, 0.15) is 22.7 Å². The van der Waals surface area contributed by atoms with E-state index in [4.69, 9.17) is 0 Å². The number of phenolic OH excluding ortho intramolecular Hbond substituents is 1. The number of aromatic hydroxyl groups is 1. The van der Waals surface area contributed by atoms with Crippen molar-refractivity contribution in [3.63, 3.8) is 0 Å². The maximum absolute atomic E-state index is 10.2. The third-order valence-corrected chi connectivity index (χ3v) is 3.96. The van der Waals surface area contributed by atoms with Crippen LogP contribution in [0.2, 0.25) is 0 Å². The Bertz CT molecular complexity index is 726. The first-order chi connectivity index (χ1) is 10.3. The number of hydrogen-bond acceptors (Lipinski definition) is 2. The molecule has 0 radical (unpaired) electrons. The minimum absolute atomic E-state index is 0.0829.